The predicted octanol–water partition coefficient (Wildman–Crippen LogP) is 1.76. The number of likely N-dealkylation sites (N-methyl/N-ethyl adjacent to an activating group) is 1. The molecule has 3 aliphatic rings. The van der Waals surface area contributed by atoms with E-state index in [-0.39, 0.29) is 18.6 Å². The minimum absolute atomic E-state index is 0.0210. The molecule has 4 atom stereocenters. The van der Waals surface area contributed by atoms with Crippen molar-refractivity contribution in [3.63, 3.8) is 0 Å². The third-order valence-corrected chi connectivity index (χ3v) is 6.29. The number of ether oxygens (including phenoxy) is 1. The maximum absolute atomic E-state index is 12.1. The second-order valence-corrected chi connectivity index (χ2v) is 8.50. The minimum atomic E-state index is 0.0210. The van der Waals surface area contributed by atoms with Crippen molar-refractivity contribution < 1.29 is 9.53 Å². The monoisotopic (exact) mass is 385 g/mol. The number of aliphatic imine (C=N–C) groups is 1. The van der Waals surface area contributed by atoms with Crippen molar-refractivity contribution in [3.05, 3.63) is 24.4 Å². The molecular formula is C21H31N5O2. The van der Waals surface area contributed by atoms with E-state index in [1.54, 1.807) is 25.2 Å². The Labute approximate surface area is 167 Å². The Morgan fingerprint density at radius 2 is 2.21 bits per heavy atom. The van der Waals surface area contributed by atoms with Gasteiger partial charge in [0.2, 0.25) is 11.8 Å². The second-order valence-electron chi connectivity index (χ2n) is 8.50. The van der Waals surface area contributed by atoms with Gasteiger partial charge in [0.05, 0.1) is 6.54 Å². The highest BCUT2D eigenvalue weighted by molar-refractivity contribution is 5.85. The first-order chi connectivity index (χ1) is 13.6. The molecule has 0 aromatic carbocycles. The fraction of sp³-hybridized carbons (Fsp3) is 0.667. The van der Waals surface area contributed by atoms with Gasteiger partial charge in [-0.15, -0.1) is 0 Å². The van der Waals surface area contributed by atoms with Crippen molar-refractivity contribution in [2.45, 2.75) is 44.2 Å². The van der Waals surface area contributed by atoms with Gasteiger partial charge in [-0.3, -0.25) is 4.79 Å². The van der Waals surface area contributed by atoms with E-state index in [0.29, 0.717) is 11.9 Å². The molecule has 0 radical (unpaired) electrons. The smallest absolute Gasteiger partial charge is 0.243 e. The zero-order valence-electron chi connectivity index (χ0n) is 16.9. The van der Waals surface area contributed by atoms with E-state index in [2.05, 4.69) is 20.2 Å². The highest BCUT2D eigenvalue weighted by atomic mass is 16.5. The summed E-state index contributed by atoms with van der Waals surface area (Å²) in [5, 5.41) is 3.70. The molecule has 1 saturated heterocycles. The van der Waals surface area contributed by atoms with Crippen LogP contribution in [0.2, 0.25) is 0 Å². The number of amides is 1. The number of pyridine rings is 1. The number of nitrogens with zero attached hydrogens (tertiary/aromatic N) is 4. The summed E-state index contributed by atoms with van der Waals surface area (Å²) >= 11 is 0. The number of aromatic nitrogens is 1. The van der Waals surface area contributed by atoms with Gasteiger partial charge in [0, 0.05) is 45.4 Å². The van der Waals surface area contributed by atoms with E-state index in [1.165, 1.54) is 25.7 Å². The number of likely N-dealkylation sites (tertiary alicyclic amines) is 1. The van der Waals surface area contributed by atoms with Crippen LogP contribution in [0.5, 0.6) is 5.88 Å². The molecule has 1 amide bonds. The molecule has 2 heterocycles. The van der Waals surface area contributed by atoms with Crippen LogP contribution < -0.4 is 10.1 Å². The van der Waals surface area contributed by atoms with Crippen LogP contribution in [-0.2, 0) is 4.79 Å². The lowest BCUT2D eigenvalue weighted by Gasteiger charge is -2.29. The van der Waals surface area contributed by atoms with Crippen molar-refractivity contribution in [2.75, 3.05) is 33.7 Å². The number of hydrogen-bond donors (Lipinski definition) is 1. The number of hydrogen-bond acceptors (Lipinski definition) is 4. The second kappa shape index (κ2) is 8.37. The fourth-order valence-electron chi connectivity index (χ4n) is 4.71. The van der Waals surface area contributed by atoms with Gasteiger partial charge in [-0.25, -0.2) is 9.98 Å². The summed E-state index contributed by atoms with van der Waals surface area (Å²) in [7, 11) is 3.54. The highest BCUT2D eigenvalue weighted by Gasteiger charge is 2.40. The summed E-state index contributed by atoms with van der Waals surface area (Å²) in [6.07, 6.45) is 8.02. The summed E-state index contributed by atoms with van der Waals surface area (Å²) in [6, 6.07) is 6.20. The van der Waals surface area contributed by atoms with Crippen LogP contribution in [0.1, 0.15) is 32.1 Å². The average molecular weight is 386 g/mol. The summed E-state index contributed by atoms with van der Waals surface area (Å²) in [4.78, 5) is 24.9. The quantitative estimate of drug-likeness (QED) is 0.618. The first-order valence-electron chi connectivity index (χ1n) is 10.4. The van der Waals surface area contributed by atoms with Gasteiger partial charge in [0.25, 0.3) is 0 Å². The topological polar surface area (TPSA) is 70.1 Å². The van der Waals surface area contributed by atoms with Gasteiger partial charge in [-0.2, -0.15) is 0 Å². The number of rotatable bonds is 5. The molecule has 7 nitrogen and oxygen atoms in total. The zero-order chi connectivity index (χ0) is 19.5. The molecule has 4 rings (SSSR count). The molecule has 2 aliphatic carbocycles. The fourth-order valence-corrected chi connectivity index (χ4v) is 4.71. The predicted molar refractivity (Wildman–Crippen MR) is 108 cm³/mol. The Morgan fingerprint density at radius 3 is 2.89 bits per heavy atom. The first-order valence-corrected chi connectivity index (χ1v) is 10.4. The van der Waals surface area contributed by atoms with Crippen molar-refractivity contribution in [1.29, 1.82) is 0 Å². The van der Waals surface area contributed by atoms with E-state index >= 15 is 0 Å². The van der Waals surface area contributed by atoms with Crippen LogP contribution in [0.25, 0.3) is 0 Å². The largest absolute Gasteiger partial charge is 0.472 e. The lowest BCUT2D eigenvalue weighted by atomic mass is 9.95. The molecule has 1 aliphatic heterocycles. The van der Waals surface area contributed by atoms with E-state index in [9.17, 15) is 4.79 Å². The first kappa shape index (κ1) is 19.0. The highest BCUT2D eigenvalue weighted by Crippen LogP contribution is 2.44. The zero-order valence-corrected chi connectivity index (χ0v) is 16.9. The number of guanidine groups is 1. The summed E-state index contributed by atoms with van der Waals surface area (Å²) < 4.78 is 6.03. The Morgan fingerprint density at radius 1 is 1.32 bits per heavy atom. The molecule has 28 heavy (non-hydrogen) atoms. The molecule has 2 bridgehead atoms. The standard InChI is InChI=1S/C21H31N5O2/c1-25(2)20(27)13-23-21(24-18-12-15-6-7-16(18)11-15)26-10-8-17(14-26)28-19-5-3-4-9-22-19/h3-5,9,15-18H,6-8,10-14H2,1-2H3,(H,23,24). The Hall–Kier alpha value is -2.31. The third-order valence-electron chi connectivity index (χ3n) is 6.29. The van der Waals surface area contributed by atoms with Crippen LogP contribution >= 0.6 is 0 Å². The van der Waals surface area contributed by atoms with Gasteiger partial charge >= 0.3 is 0 Å². The van der Waals surface area contributed by atoms with Gasteiger partial charge in [-0.1, -0.05) is 12.5 Å². The van der Waals surface area contributed by atoms with Gasteiger partial charge < -0.3 is 19.9 Å². The van der Waals surface area contributed by atoms with Crippen molar-refractivity contribution in [3.8, 4) is 5.88 Å². The van der Waals surface area contributed by atoms with Gasteiger partial charge in [0.15, 0.2) is 5.96 Å². The van der Waals surface area contributed by atoms with Crippen LogP contribution in [0.3, 0.4) is 0 Å². The summed E-state index contributed by atoms with van der Waals surface area (Å²) in [6.45, 7) is 1.82. The molecule has 7 heteroatoms. The van der Waals surface area contributed by atoms with Crippen molar-refractivity contribution in [1.82, 2.24) is 20.1 Å². The van der Waals surface area contributed by atoms with Crippen LogP contribution in [0, 0.1) is 11.8 Å². The average Bonchev–Trinajstić information content (AvgIpc) is 3.42. The van der Waals surface area contributed by atoms with Crippen LogP contribution in [0.4, 0.5) is 0 Å². The molecule has 0 spiro atoms. The minimum Gasteiger partial charge on any atom is -0.472 e. The lowest BCUT2D eigenvalue weighted by Crippen LogP contribution is -2.48. The maximum Gasteiger partial charge on any atom is 0.243 e. The molecule has 3 fully saturated rings. The number of carbonyl (C=O) groups is 1. The molecule has 152 valence electrons. The lowest BCUT2D eigenvalue weighted by molar-refractivity contribution is -0.127. The molecule has 1 aromatic rings. The third kappa shape index (κ3) is 4.39. The molecule has 1 aromatic heterocycles. The Balaban J connectivity index is 1.41. The van der Waals surface area contributed by atoms with Gasteiger partial charge in [0.1, 0.15) is 12.6 Å². The normalized spacial score (nSPS) is 29.2. The maximum atomic E-state index is 12.1. The molecule has 1 N–H and O–H groups in total. The SMILES string of the molecule is CN(C)C(=O)CN=C(NC1CC2CCC1C2)N1CCC(Oc2ccccn2)C1. The number of nitrogens with one attached hydrogen (secondary N) is 1. The number of fused-ring (bicyclic) bond motifs is 2. The molecule has 2 saturated carbocycles. The molecular weight excluding hydrogens is 354 g/mol. The van der Waals surface area contributed by atoms with E-state index < -0.39 is 0 Å². The van der Waals surface area contributed by atoms with Gasteiger partial charge in [-0.05, 0) is 37.2 Å². The Kier molecular flexibility index (Phi) is 5.69. The van der Waals surface area contributed by atoms with E-state index in [1.807, 2.05) is 18.2 Å². The summed E-state index contributed by atoms with van der Waals surface area (Å²) in [5.74, 6) is 3.16. The van der Waals surface area contributed by atoms with Crippen LogP contribution in [-0.4, -0.2) is 72.5 Å². The Bertz CT molecular complexity index is 708. The van der Waals surface area contributed by atoms with Crippen molar-refractivity contribution >= 4 is 11.9 Å². The molecule has 4 unspecified atom stereocenters. The number of carbonyl (C=O) groups excluding carboxylic acids is 1. The summed E-state index contributed by atoms with van der Waals surface area (Å²) in [5.41, 5.74) is 0. The van der Waals surface area contributed by atoms with E-state index in [4.69, 9.17) is 4.74 Å². The van der Waals surface area contributed by atoms with Crippen molar-refractivity contribution in [2.24, 2.45) is 16.8 Å². The van der Waals surface area contributed by atoms with E-state index in [0.717, 1.165) is 37.3 Å². The van der Waals surface area contributed by atoms with Crippen LogP contribution in [0.15, 0.2) is 29.4 Å².